The highest BCUT2D eigenvalue weighted by atomic mass is 16.3. The normalized spacial score (nSPS) is 17.7. The van der Waals surface area contributed by atoms with E-state index >= 15 is 0 Å². The second kappa shape index (κ2) is 4.74. The van der Waals surface area contributed by atoms with Crippen molar-refractivity contribution >= 4 is 0 Å². The van der Waals surface area contributed by atoms with E-state index in [0.29, 0.717) is 11.8 Å². The summed E-state index contributed by atoms with van der Waals surface area (Å²) in [5.74, 6) is 0.416. The van der Waals surface area contributed by atoms with Crippen molar-refractivity contribution in [1.82, 2.24) is 15.3 Å². The third-order valence-electron chi connectivity index (χ3n) is 3.42. The van der Waals surface area contributed by atoms with Crippen molar-refractivity contribution in [2.45, 2.75) is 25.4 Å². The summed E-state index contributed by atoms with van der Waals surface area (Å²) in [4.78, 5) is 8.09. The molecule has 0 amide bonds. The Morgan fingerprint density at radius 2 is 2.28 bits per heavy atom. The smallest absolute Gasteiger partial charge is 0.119 e. The van der Waals surface area contributed by atoms with Crippen molar-refractivity contribution in [3.05, 3.63) is 53.6 Å². The van der Waals surface area contributed by atoms with Crippen molar-refractivity contribution in [1.29, 1.82) is 0 Å². The molecule has 2 aromatic rings. The first-order valence-electron chi connectivity index (χ1n) is 6.13. The molecule has 1 aromatic heterocycles. The van der Waals surface area contributed by atoms with E-state index in [1.54, 1.807) is 18.6 Å². The maximum absolute atomic E-state index is 9.79. The molecule has 1 unspecified atom stereocenters. The number of fused-ring (bicyclic) bond motifs is 1. The molecule has 1 aliphatic rings. The van der Waals surface area contributed by atoms with E-state index in [1.807, 2.05) is 12.1 Å². The van der Waals surface area contributed by atoms with Gasteiger partial charge in [-0.15, -0.1) is 0 Å². The van der Waals surface area contributed by atoms with Gasteiger partial charge in [-0.1, -0.05) is 12.1 Å². The van der Waals surface area contributed by atoms with Crippen LogP contribution >= 0.6 is 0 Å². The first kappa shape index (κ1) is 11.2. The molecule has 0 saturated carbocycles. The summed E-state index contributed by atoms with van der Waals surface area (Å²) in [5, 5.41) is 13.3. The standard InChI is InChI=1S/C14H15N3O/c18-14-3-1-2-11-12(14)4-5-13(11)16-8-10-6-7-15-9-17-10/h1-3,6-7,9,13,16,18H,4-5,8H2. The average Bonchev–Trinajstić information content (AvgIpc) is 2.82. The van der Waals surface area contributed by atoms with Gasteiger partial charge in [-0.3, -0.25) is 0 Å². The summed E-state index contributed by atoms with van der Waals surface area (Å²) in [7, 11) is 0. The van der Waals surface area contributed by atoms with Crippen molar-refractivity contribution in [2.24, 2.45) is 0 Å². The average molecular weight is 241 g/mol. The van der Waals surface area contributed by atoms with E-state index in [1.165, 1.54) is 5.56 Å². The van der Waals surface area contributed by atoms with Crippen molar-refractivity contribution in [2.75, 3.05) is 0 Å². The number of nitrogens with zero attached hydrogens (tertiary/aromatic N) is 2. The highest BCUT2D eigenvalue weighted by Gasteiger charge is 2.23. The minimum absolute atomic E-state index is 0.307. The Morgan fingerprint density at radius 1 is 1.33 bits per heavy atom. The molecule has 4 nitrogen and oxygen atoms in total. The lowest BCUT2D eigenvalue weighted by atomic mass is 10.1. The maximum atomic E-state index is 9.79. The Hall–Kier alpha value is -1.94. The number of rotatable bonds is 3. The third kappa shape index (κ3) is 2.07. The number of phenols is 1. The van der Waals surface area contributed by atoms with Crippen LogP contribution in [0, 0.1) is 0 Å². The van der Waals surface area contributed by atoms with E-state index in [2.05, 4.69) is 21.4 Å². The number of aromatic nitrogens is 2. The second-order valence-electron chi connectivity index (χ2n) is 4.52. The first-order valence-corrected chi connectivity index (χ1v) is 6.13. The molecule has 1 aromatic carbocycles. The molecule has 0 saturated heterocycles. The Balaban J connectivity index is 1.72. The molecule has 0 spiro atoms. The lowest BCUT2D eigenvalue weighted by molar-refractivity contribution is 0.469. The Labute approximate surface area is 106 Å². The molecule has 0 radical (unpaired) electrons. The van der Waals surface area contributed by atoms with E-state index in [-0.39, 0.29) is 0 Å². The minimum atomic E-state index is 0.307. The number of phenolic OH excluding ortho intramolecular Hbond substituents is 1. The molecule has 0 fully saturated rings. The highest BCUT2D eigenvalue weighted by Crippen LogP contribution is 2.36. The van der Waals surface area contributed by atoms with Crippen LogP contribution in [-0.4, -0.2) is 15.1 Å². The van der Waals surface area contributed by atoms with E-state index in [0.717, 1.165) is 30.6 Å². The predicted octanol–water partition coefficient (Wildman–Crippen LogP) is 1.96. The monoisotopic (exact) mass is 241 g/mol. The van der Waals surface area contributed by atoms with Gasteiger partial charge in [0.25, 0.3) is 0 Å². The van der Waals surface area contributed by atoms with Crippen LogP contribution in [0.1, 0.15) is 29.3 Å². The molecule has 92 valence electrons. The van der Waals surface area contributed by atoms with E-state index < -0.39 is 0 Å². The summed E-state index contributed by atoms with van der Waals surface area (Å²) in [6, 6.07) is 7.96. The fourth-order valence-electron chi connectivity index (χ4n) is 2.50. The Morgan fingerprint density at radius 3 is 3.11 bits per heavy atom. The van der Waals surface area contributed by atoms with Crippen LogP contribution in [0.4, 0.5) is 0 Å². The molecule has 1 atom stereocenters. The van der Waals surface area contributed by atoms with Gasteiger partial charge in [0.2, 0.25) is 0 Å². The minimum Gasteiger partial charge on any atom is -0.508 e. The van der Waals surface area contributed by atoms with Gasteiger partial charge in [0.05, 0.1) is 5.69 Å². The second-order valence-corrected chi connectivity index (χ2v) is 4.52. The molecular weight excluding hydrogens is 226 g/mol. The lowest BCUT2D eigenvalue weighted by Gasteiger charge is -2.13. The molecule has 2 N–H and O–H groups in total. The van der Waals surface area contributed by atoms with Crippen molar-refractivity contribution in [3.63, 3.8) is 0 Å². The van der Waals surface area contributed by atoms with Gasteiger partial charge < -0.3 is 10.4 Å². The van der Waals surface area contributed by atoms with E-state index in [4.69, 9.17) is 0 Å². The highest BCUT2D eigenvalue weighted by molar-refractivity contribution is 5.44. The van der Waals surface area contributed by atoms with Gasteiger partial charge in [0, 0.05) is 18.8 Å². The van der Waals surface area contributed by atoms with Crippen LogP contribution in [0.25, 0.3) is 0 Å². The topological polar surface area (TPSA) is 58.0 Å². The predicted molar refractivity (Wildman–Crippen MR) is 68.0 cm³/mol. The van der Waals surface area contributed by atoms with Gasteiger partial charge in [0.15, 0.2) is 0 Å². The molecule has 0 bridgehead atoms. The van der Waals surface area contributed by atoms with Crippen molar-refractivity contribution in [3.8, 4) is 5.75 Å². The van der Waals surface area contributed by atoms with Gasteiger partial charge in [-0.2, -0.15) is 0 Å². The Bertz CT molecular complexity index is 542. The molecule has 18 heavy (non-hydrogen) atoms. The van der Waals surface area contributed by atoms with E-state index in [9.17, 15) is 5.11 Å². The quantitative estimate of drug-likeness (QED) is 0.862. The number of nitrogens with one attached hydrogen (secondary N) is 1. The Kier molecular flexibility index (Phi) is 2.94. The van der Waals surface area contributed by atoms with Crippen LogP contribution in [0.15, 0.2) is 36.8 Å². The van der Waals surface area contributed by atoms with Crippen LogP contribution < -0.4 is 5.32 Å². The maximum Gasteiger partial charge on any atom is 0.119 e. The summed E-state index contributed by atoms with van der Waals surface area (Å²) < 4.78 is 0. The first-order chi connectivity index (χ1) is 8.84. The SMILES string of the molecule is Oc1cccc2c1CCC2NCc1ccncn1. The fourth-order valence-corrected chi connectivity index (χ4v) is 2.50. The fraction of sp³-hybridized carbons (Fsp3) is 0.286. The number of hydrogen-bond acceptors (Lipinski definition) is 4. The van der Waals surface area contributed by atoms with Gasteiger partial charge in [-0.05, 0) is 36.1 Å². The summed E-state index contributed by atoms with van der Waals surface area (Å²) >= 11 is 0. The van der Waals surface area contributed by atoms with Crippen LogP contribution in [0.2, 0.25) is 0 Å². The number of aromatic hydroxyl groups is 1. The zero-order valence-corrected chi connectivity index (χ0v) is 10.0. The largest absolute Gasteiger partial charge is 0.508 e. The zero-order chi connectivity index (χ0) is 12.4. The van der Waals surface area contributed by atoms with Crippen molar-refractivity contribution < 1.29 is 5.11 Å². The third-order valence-corrected chi connectivity index (χ3v) is 3.42. The summed E-state index contributed by atoms with van der Waals surface area (Å²) in [5.41, 5.74) is 3.28. The lowest BCUT2D eigenvalue weighted by Crippen LogP contribution is -2.19. The van der Waals surface area contributed by atoms with Gasteiger partial charge >= 0.3 is 0 Å². The molecule has 4 heteroatoms. The summed E-state index contributed by atoms with van der Waals surface area (Å²) in [6.07, 6.45) is 5.27. The molecule has 1 heterocycles. The summed E-state index contributed by atoms with van der Waals surface area (Å²) in [6.45, 7) is 0.724. The number of benzene rings is 1. The molecule has 1 aliphatic carbocycles. The molecule has 3 rings (SSSR count). The van der Waals surface area contributed by atoms with Gasteiger partial charge in [0.1, 0.15) is 12.1 Å². The molecule has 0 aliphatic heterocycles. The molecular formula is C14H15N3O. The zero-order valence-electron chi connectivity index (χ0n) is 10.0. The van der Waals surface area contributed by atoms with Gasteiger partial charge in [-0.25, -0.2) is 9.97 Å². The van der Waals surface area contributed by atoms with Crippen LogP contribution in [-0.2, 0) is 13.0 Å². The number of hydrogen-bond donors (Lipinski definition) is 2. The van der Waals surface area contributed by atoms with Crippen LogP contribution in [0.5, 0.6) is 5.75 Å². The van der Waals surface area contributed by atoms with Crippen LogP contribution in [0.3, 0.4) is 0 Å².